The highest BCUT2D eigenvalue weighted by molar-refractivity contribution is 14.1. The van der Waals surface area contributed by atoms with Crippen molar-refractivity contribution in [2.24, 2.45) is 0 Å². The van der Waals surface area contributed by atoms with Gasteiger partial charge in [0.25, 0.3) is 0 Å². The Bertz CT molecular complexity index is 1220. The number of benzene rings is 3. The molecule has 4 aromatic rings. The van der Waals surface area contributed by atoms with Crippen LogP contribution >= 0.6 is 34.2 Å². The van der Waals surface area contributed by atoms with Gasteiger partial charge in [0.1, 0.15) is 5.75 Å². The highest BCUT2D eigenvalue weighted by atomic mass is 127. The molecule has 3 aromatic carbocycles. The van der Waals surface area contributed by atoms with Crippen LogP contribution in [0.1, 0.15) is 5.56 Å². The van der Waals surface area contributed by atoms with E-state index in [0.29, 0.717) is 26.8 Å². The molecule has 0 aliphatic rings. The van der Waals surface area contributed by atoms with E-state index >= 15 is 0 Å². The average Bonchev–Trinajstić information content (AvgIpc) is 3.04. The molecule has 4 rings (SSSR count). The van der Waals surface area contributed by atoms with Crippen LogP contribution in [0.25, 0.3) is 20.2 Å². The summed E-state index contributed by atoms with van der Waals surface area (Å²) in [5, 5.41) is 1.18. The lowest BCUT2D eigenvalue weighted by atomic mass is 10.1. The predicted molar refractivity (Wildman–Crippen MR) is 114 cm³/mol. The van der Waals surface area contributed by atoms with Crippen LogP contribution in [0.4, 0.5) is 37.7 Å². The van der Waals surface area contributed by atoms with Gasteiger partial charge in [-0.2, -0.15) is 13.2 Å². The standard InChI is InChI=1S/C20H10F6INOS/c21-19(22,23)15-5-1-3-13-14-4-2-6-16(18(14)30-17(13)15)28(27)11-7-9-12(10-8-11)29-20(24,25)26/h1-10H. The zero-order chi connectivity index (χ0) is 21.7. The minimum absolute atomic E-state index is 0.145. The molecule has 0 aliphatic heterocycles. The summed E-state index contributed by atoms with van der Waals surface area (Å²) in [6, 6.07) is 14.6. The third-order valence-corrected chi connectivity index (χ3v) is 6.67. The van der Waals surface area contributed by atoms with Crippen LogP contribution in [0, 0.1) is 0 Å². The van der Waals surface area contributed by atoms with Crippen molar-refractivity contribution in [3.8, 4) is 5.75 Å². The summed E-state index contributed by atoms with van der Waals surface area (Å²) in [5.41, 5.74) is 0.485. The Balaban J connectivity index is 1.79. The minimum atomic E-state index is -4.79. The Morgan fingerprint density at radius 3 is 1.97 bits per heavy atom. The molecule has 0 spiro atoms. The van der Waals surface area contributed by atoms with Crippen molar-refractivity contribution in [3.63, 3.8) is 0 Å². The first kappa shape index (κ1) is 21.0. The largest absolute Gasteiger partial charge is 0.573 e. The number of hydrogen-bond acceptors (Lipinski definition) is 3. The lowest BCUT2D eigenvalue weighted by Crippen LogP contribution is -2.17. The summed E-state index contributed by atoms with van der Waals surface area (Å²) in [5.74, 6) is -0.356. The third-order valence-electron chi connectivity index (χ3n) is 4.32. The Morgan fingerprint density at radius 1 is 0.767 bits per heavy atom. The second-order valence-electron chi connectivity index (χ2n) is 6.26. The predicted octanol–water partition coefficient (Wildman–Crippen LogP) is 8.46. The number of alkyl halides is 6. The zero-order valence-electron chi connectivity index (χ0n) is 14.7. The first-order chi connectivity index (χ1) is 14.0. The molecule has 1 heterocycles. The van der Waals surface area contributed by atoms with E-state index in [9.17, 15) is 26.3 Å². The molecule has 0 aliphatic carbocycles. The van der Waals surface area contributed by atoms with Crippen LogP contribution in [0.5, 0.6) is 5.75 Å². The fourth-order valence-electron chi connectivity index (χ4n) is 3.10. The maximum absolute atomic E-state index is 13.4. The fourth-order valence-corrected chi connectivity index (χ4v) is 5.33. The van der Waals surface area contributed by atoms with Crippen LogP contribution in [0.2, 0.25) is 0 Å². The van der Waals surface area contributed by atoms with Crippen molar-refractivity contribution in [1.82, 2.24) is 0 Å². The van der Waals surface area contributed by atoms with E-state index in [4.69, 9.17) is 0 Å². The second kappa shape index (κ2) is 7.49. The lowest BCUT2D eigenvalue weighted by molar-refractivity contribution is -0.274. The SMILES string of the molecule is FC(F)(F)Oc1ccc(N(I)c2cccc3c2sc2c(C(F)(F)F)cccc23)cc1. The Hall–Kier alpha value is -2.21. The van der Waals surface area contributed by atoms with Gasteiger partial charge in [0.05, 0.1) is 44.5 Å². The van der Waals surface area contributed by atoms with Crippen LogP contribution in [0.3, 0.4) is 0 Å². The van der Waals surface area contributed by atoms with E-state index in [1.54, 1.807) is 27.4 Å². The molecule has 10 heteroatoms. The summed E-state index contributed by atoms with van der Waals surface area (Å²) in [4.78, 5) is 0. The van der Waals surface area contributed by atoms with E-state index in [2.05, 4.69) is 4.74 Å². The molecule has 0 atom stereocenters. The summed E-state index contributed by atoms with van der Waals surface area (Å²) in [7, 11) is 0. The van der Waals surface area contributed by atoms with Gasteiger partial charge < -0.3 is 4.74 Å². The maximum atomic E-state index is 13.4. The molecular weight excluding hydrogens is 543 g/mol. The van der Waals surface area contributed by atoms with Gasteiger partial charge in [0.2, 0.25) is 0 Å². The van der Waals surface area contributed by atoms with Crippen LogP contribution in [0.15, 0.2) is 60.7 Å². The summed E-state index contributed by atoms with van der Waals surface area (Å²) in [6.45, 7) is 0. The quantitative estimate of drug-likeness (QED) is 0.143. The van der Waals surface area contributed by atoms with Gasteiger partial charge in [-0.1, -0.05) is 24.3 Å². The topological polar surface area (TPSA) is 12.5 Å². The van der Waals surface area contributed by atoms with E-state index in [1.807, 2.05) is 22.9 Å². The monoisotopic (exact) mass is 553 g/mol. The second-order valence-corrected chi connectivity index (χ2v) is 8.24. The van der Waals surface area contributed by atoms with Crippen LogP contribution < -0.4 is 7.85 Å². The van der Waals surface area contributed by atoms with Crippen molar-refractivity contribution >= 4 is 65.7 Å². The number of ether oxygens (including phenoxy) is 1. The first-order valence-corrected chi connectivity index (χ1v) is 10.2. The molecular formula is C20H10F6INOS. The number of halogens is 7. The minimum Gasteiger partial charge on any atom is -0.406 e. The van der Waals surface area contributed by atoms with E-state index in [-0.39, 0.29) is 10.4 Å². The molecule has 0 fully saturated rings. The Morgan fingerprint density at radius 2 is 1.37 bits per heavy atom. The van der Waals surface area contributed by atoms with Crippen molar-refractivity contribution in [3.05, 3.63) is 66.2 Å². The normalized spacial score (nSPS) is 12.5. The molecule has 0 saturated carbocycles. The van der Waals surface area contributed by atoms with Gasteiger partial charge in [-0.3, -0.25) is 3.11 Å². The smallest absolute Gasteiger partial charge is 0.406 e. The van der Waals surface area contributed by atoms with Crippen molar-refractivity contribution < 1.29 is 31.1 Å². The number of rotatable bonds is 3. The number of thiophene rings is 1. The summed E-state index contributed by atoms with van der Waals surface area (Å²) >= 11 is 3.00. The molecule has 0 bridgehead atoms. The molecule has 0 saturated heterocycles. The lowest BCUT2D eigenvalue weighted by Gasteiger charge is -2.18. The van der Waals surface area contributed by atoms with Crippen LogP contribution in [-0.4, -0.2) is 6.36 Å². The molecule has 1 aromatic heterocycles. The first-order valence-electron chi connectivity index (χ1n) is 8.38. The molecule has 0 N–H and O–H groups in total. The molecule has 0 unspecified atom stereocenters. The van der Waals surface area contributed by atoms with Gasteiger partial charge in [0, 0.05) is 15.5 Å². The highest BCUT2D eigenvalue weighted by Crippen LogP contribution is 2.46. The molecule has 156 valence electrons. The number of anilines is 2. The van der Waals surface area contributed by atoms with E-state index in [1.165, 1.54) is 30.3 Å². The number of nitrogens with zero attached hydrogens (tertiary/aromatic N) is 1. The molecule has 2 nitrogen and oxygen atoms in total. The molecule has 0 amide bonds. The Labute approximate surface area is 184 Å². The number of fused-ring (bicyclic) bond motifs is 3. The highest BCUT2D eigenvalue weighted by Gasteiger charge is 2.34. The molecule has 0 radical (unpaired) electrons. The zero-order valence-corrected chi connectivity index (χ0v) is 17.7. The average molecular weight is 553 g/mol. The van der Waals surface area contributed by atoms with E-state index in [0.717, 1.165) is 17.4 Å². The van der Waals surface area contributed by atoms with Gasteiger partial charge >= 0.3 is 12.5 Å². The molecule has 30 heavy (non-hydrogen) atoms. The third kappa shape index (κ3) is 4.02. The number of hydrogen-bond donors (Lipinski definition) is 0. The van der Waals surface area contributed by atoms with Crippen LogP contribution in [-0.2, 0) is 6.18 Å². The van der Waals surface area contributed by atoms with Crippen molar-refractivity contribution in [1.29, 1.82) is 0 Å². The van der Waals surface area contributed by atoms with Gasteiger partial charge in [-0.15, -0.1) is 24.5 Å². The van der Waals surface area contributed by atoms with Gasteiger partial charge in [-0.05, 0) is 36.4 Å². The van der Waals surface area contributed by atoms with Gasteiger partial charge in [0.15, 0.2) is 0 Å². The van der Waals surface area contributed by atoms with E-state index < -0.39 is 18.1 Å². The Kier molecular flexibility index (Phi) is 5.25. The summed E-state index contributed by atoms with van der Waals surface area (Å²) in [6.07, 6.45) is -9.26. The fraction of sp³-hybridized carbons (Fsp3) is 0.100. The van der Waals surface area contributed by atoms with Crippen molar-refractivity contribution in [2.45, 2.75) is 12.5 Å². The summed E-state index contributed by atoms with van der Waals surface area (Å²) < 4.78 is 83.7. The van der Waals surface area contributed by atoms with Gasteiger partial charge in [-0.25, -0.2) is 0 Å². The van der Waals surface area contributed by atoms with Crippen molar-refractivity contribution in [2.75, 3.05) is 3.11 Å². The maximum Gasteiger partial charge on any atom is 0.573 e.